The third-order valence-electron chi connectivity index (χ3n) is 3.21. The fourth-order valence-electron chi connectivity index (χ4n) is 1.90. The molecule has 20 heavy (non-hydrogen) atoms. The number of thiophene rings is 1. The van der Waals surface area contributed by atoms with E-state index >= 15 is 0 Å². The zero-order chi connectivity index (χ0) is 14.8. The first-order chi connectivity index (χ1) is 9.38. The van der Waals surface area contributed by atoms with Gasteiger partial charge in [-0.05, 0) is 29.0 Å². The second kappa shape index (κ2) is 5.94. The van der Waals surface area contributed by atoms with Crippen LogP contribution >= 0.6 is 11.3 Å². The van der Waals surface area contributed by atoms with E-state index in [2.05, 4.69) is 20.8 Å². The summed E-state index contributed by atoms with van der Waals surface area (Å²) in [5, 5.41) is 1.99. The molecule has 1 aromatic carbocycles. The average molecular weight is 293 g/mol. The number of benzene rings is 1. The monoisotopic (exact) mass is 293 g/mol. The summed E-state index contributed by atoms with van der Waals surface area (Å²) in [5.41, 5.74) is 6.25. The lowest BCUT2D eigenvalue weighted by atomic mass is 9.83. The smallest absolute Gasteiger partial charge is 0.148 e. The van der Waals surface area contributed by atoms with Gasteiger partial charge in [-0.3, -0.25) is 0 Å². The van der Waals surface area contributed by atoms with Crippen molar-refractivity contribution in [2.75, 3.05) is 0 Å². The molecule has 108 valence electrons. The van der Waals surface area contributed by atoms with Crippen LogP contribution in [0, 0.1) is 11.2 Å². The Balaban J connectivity index is 2.28. The second-order valence-electron chi connectivity index (χ2n) is 5.90. The van der Waals surface area contributed by atoms with Crippen molar-refractivity contribution in [1.82, 2.24) is 0 Å². The van der Waals surface area contributed by atoms with E-state index in [1.165, 1.54) is 12.1 Å². The summed E-state index contributed by atoms with van der Waals surface area (Å²) in [6.45, 7) is 6.23. The van der Waals surface area contributed by atoms with Gasteiger partial charge in [0.15, 0.2) is 0 Å². The van der Waals surface area contributed by atoms with Crippen LogP contribution in [0.15, 0.2) is 41.8 Å². The van der Waals surface area contributed by atoms with E-state index in [1.54, 1.807) is 23.5 Å². The minimum atomic E-state index is -0.309. The molecule has 0 amide bonds. The standard InChI is InChI=1S/C16H20FNOS/c1-16(2,3)15(18)14(13-8-5-9-20-13)19-12-7-4-6-11(17)10-12/h4-10,14-15H,18H2,1-3H3. The van der Waals surface area contributed by atoms with Gasteiger partial charge in [0.25, 0.3) is 0 Å². The number of nitrogens with two attached hydrogens (primary N) is 1. The van der Waals surface area contributed by atoms with E-state index < -0.39 is 0 Å². The lowest BCUT2D eigenvalue weighted by Gasteiger charge is -2.33. The molecule has 0 saturated carbocycles. The molecule has 2 atom stereocenters. The van der Waals surface area contributed by atoms with Crippen LogP contribution in [-0.2, 0) is 0 Å². The summed E-state index contributed by atoms with van der Waals surface area (Å²) < 4.78 is 19.3. The van der Waals surface area contributed by atoms with Gasteiger partial charge in [0.05, 0.1) is 6.04 Å². The molecule has 0 fully saturated rings. The average Bonchev–Trinajstić information content (AvgIpc) is 2.87. The van der Waals surface area contributed by atoms with Gasteiger partial charge in [-0.2, -0.15) is 0 Å². The summed E-state index contributed by atoms with van der Waals surface area (Å²) >= 11 is 1.60. The van der Waals surface area contributed by atoms with E-state index in [9.17, 15) is 4.39 Å². The van der Waals surface area contributed by atoms with E-state index in [0.717, 1.165) is 4.88 Å². The van der Waals surface area contributed by atoms with Crippen LogP contribution in [-0.4, -0.2) is 6.04 Å². The molecule has 2 aromatic rings. The molecule has 0 bridgehead atoms. The number of hydrogen-bond acceptors (Lipinski definition) is 3. The molecular formula is C16H20FNOS. The normalized spacial score (nSPS) is 14.8. The predicted molar refractivity (Wildman–Crippen MR) is 81.5 cm³/mol. The van der Waals surface area contributed by atoms with Gasteiger partial charge in [-0.25, -0.2) is 4.39 Å². The largest absolute Gasteiger partial charge is 0.483 e. The van der Waals surface area contributed by atoms with Crippen LogP contribution < -0.4 is 10.5 Å². The molecule has 0 radical (unpaired) electrons. The van der Waals surface area contributed by atoms with Crippen LogP contribution in [0.1, 0.15) is 31.8 Å². The summed E-state index contributed by atoms with van der Waals surface area (Å²) in [5.74, 6) is 0.194. The third kappa shape index (κ3) is 3.58. The molecule has 4 heteroatoms. The van der Waals surface area contributed by atoms with Gasteiger partial charge < -0.3 is 10.5 Å². The Labute approximate surface area is 123 Å². The Morgan fingerprint density at radius 3 is 2.50 bits per heavy atom. The van der Waals surface area contributed by atoms with Gasteiger partial charge in [-0.15, -0.1) is 11.3 Å². The fraction of sp³-hybridized carbons (Fsp3) is 0.375. The molecule has 2 unspecified atom stereocenters. The first-order valence-electron chi connectivity index (χ1n) is 6.59. The summed E-state index contributed by atoms with van der Waals surface area (Å²) in [4.78, 5) is 1.05. The SMILES string of the molecule is CC(C)(C)C(N)C(Oc1cccc(F)c1)c1cccs1. The van der Waals surface area contributed by atoms with Crippen LogP contribution in [0.4, 0.5) is 4.39 Å². The van der Waals surface area contributed by atoms with E-state index in [-0.39, 0.29) is 23.4 Å². The Kier molecular flexibility index (Phi) is 4.45. The quantitative estimate of drug-likeness (QED) is 0.908. The van der Waals surface area contributed by atoms with E-state index in [4.69, 9.17) is 10.5 Å². The Morgan fingerprint density at radius 2 is 1.95 bits per heavy atom. The van der Waals surface area contributed by atoms with Gasteiger partial charge >= 0.3 is 0 Å². The van der Waals surface area contributed by atoms with Crippen LogP contribution in [0.5, 0.6) is 5.75 Å². The molecule has 2 nitrogen and oxygen atoms in total. The second-order valence-corrected chi connectivity index (χ2v) is 6.88. The van der Waals surface area contributed by atoms with Crippen molar-refractivity contribution in [3.05, 3.63) is 52.5 Å². The number of rotatable bonds is 4. The van der Waals surface area contributed by atoms with Crippen LogP contribution in [0.3, 0.4) is 0 Å². The molecular weight excluding hydrogens is 273 g/mol. The van der Waals surface area contributed by atoms with Crippen molar-refractivity contribution < 1.29 is 9.13 Å². The molecule has 0 aliphatic heterocycles. The third-order valence-corrected chi connectivity index (χ3v) is 4.14. The molecule has 1 aromatic heterocycles. The number of hydrogen-bond donors (Lipinski definition) is 1. The van der Waals surface area contributed by atoms with Crippen molar-refractivity contribution in [3.8, 4) is 5.75 Å². The number of ether oxygens (including phenoxy) is 1. The van der Waals surface area contributed by atoms with Crippen molar-refractivity contribution >= 4 is 11.3 Å². The van der Waals surface area contributed by atoms with Gasteiger partial charge in [-0.1, -0.05) is 32.9 Å². The summed E-state index contributed by atoms with van der Waals surface area (Å²) in [6.07, 6.45) is -0.281. The molecule has 0 aliphatic rings. The summed E-state index contributed by atoms with van der Waals surface area (Å²) in [6, 6.07) is 9.95. The Bertz CT molecular complexity index is 548. The molecule has 0 aliphatic carbocycles. The number of halogens is 1. The van der Waals surface area contributed by atoms with Gasteiger partial charge in [0.1, 0.15) is 17.7 Å². The molecule has 1 heterocycles. The van der Waals surface area contributed by atoms with Crippen molar-refractivity contribution in [2.24, 2.45) is 11.1 Å². The highest BCUT2D eigenvalue weighted by atomic mass is 32.1. The molecule has 2 N–H and O–H groups in total. The maximum atomic E-state index is 13.3. The van der Waals surface area contributed by atoms with Gasteiger partial charge in [0, 0.05) is 10.9 Å². The van der Waals surface area contributed by atoms with E-state index in [1.807, 2.05) is 17.5 Å². The topological polar surface area (TPSA) is 35.2 Å². The minimum Gasteiger partial charge on any atom is -0.483 e. The van der Waals surface area contributed by atoms with Crippen LogP contribution in [0.2, 0.25) is 0 Å². The molecule has 2 rings (SSSR count). The Hall–Kier alpha value is -1.39. The van der Waals surface area contributed by atoms with Crippen molar-refractivity contribution in [3.63, 3.8) is 0 Å². The van der Waals surface area contributed by atoms with E-state index in [0.29, 0.717) is 5.75 Å². The lowest BCUT2D eigenvalue weighted by molar-refractivity contribution is 0.117. The maximum Gasteiger partial charge on any atom is 0.148 e. The first-order valence-corrected chi connectivity index (χ1v) is 7.47. The minimum absolute atomic E-state index is 0.109. The van der Waals surface area contributed by atoms with Crippen LogP contribution in [0.25, 0.3) is 0 Å². The first kappa shape index (κ1) is 15.0. The summed E-state index contributed by atoms with van der Waals surface area (Å²) in [7, 11) is 0. The zero-order valence-electron chi connectivity index (χ0n) is 12.0. The van der Waals surface area contributed by atoms with Gasteiger partial charge in [0.2, 0.25) is 0 Å². The highest BCUT2D eigenvalue weighted by Crippen LogP contribution is 2.34. The Morgan fingerprint density at radius 1 is 1.20 bits per heavy atom. The highest BCUT2D eigenvalue weighted by Gasteiger charge is 2.32. The fourth-order valence-corrected chi connectivity index (χ4v) is 2.70. The molecule has 0 spiro atoms. The predicted octanol–water partition coefficient (Wildman–Crippen LogP) is 4.38. The highest BCUT2D eigenvalue weighted by molar-refractivity contribution is 7.10. The zero-order valence-corrected chi connectivity index (χ0v) is 12.8. The molecule has 0 saturated heterocycles. The van der Waals surface area contributed by atoms with Crippen molar-refractivity contribution in [2.45, 2.75) is 32.9 Å². The van der Waals surface area contributed by atoms with Crippen molar-refractivity contribution in [1.29, 1.82) is 0 Å². The maximum absolute atomic E-state index is 13.3. The lowest BCUT2D eigenvalue weighted by Crippen LogP contribution is -2.42.